The van der Waals surface area contributed by atoms with Gasteiger partial charge in [-0.3, -0.25) is 14.3 Å². The number of amides is 1. The number of alkyl halides is 4. The van der Waals surface area contributed by atoms with Crippen molar-refractivity contribution in [2.24, 2.45) is 7.05 Å². The average molecular weight is 456 g/mol. The lowest BCUT2D eigenvalue weighted by molar-refractivity contribution is -0.144. The van der Waals surface area contributed by atoms with Gasteiger partial charge in [0.2, 0.25) is 0 Å². The number of rotatable bonds is 7. The van der Waals surface area contributed by atoms with Gasteiger partial charge in [0.05, 0.1) is 18.7 Å². The van der Waals surface area contributed by atoms with E-state index in [2.05, 4.69) is 5.10 Å². The molecule has 0 N–H and O–H groups in total. The van der Waals surface area contributed by atoms with Crippen LogP contribution in [0.4, 0.5) is 17.6 Å². The lowest BCUT2D eigenvalue weighted by atomic mass is 10.0. The first kappa shape index (κ1) is 23.4. The van der Waals surface area contributed by atoms with Crippen molar-refractivity contribution < 1.29 is 27.2 Å². The van der Waals surface area contributed by atoms with Crippen LogP contribution in [-0.2, 0) is 24.5 Å². The predicted octanol–water partition coefficient (Wildman–Crippen LogP) is 5.03. The molecule has 1 unspecified atom stereocenters. The molecular formula is C18H19Cl2F4N3O2. The summed E-state index contributed by atoms with van der Waals surface area (Å²) in [6.45, 7) is 0.769. The van der Waals surface area contributed by atoms with Crippen molar-refractivity contribution in [1.82, 2.24) is 14.8 Å². The van der Waals surface area contributed by atoms with Crippen molar-refractivity contribution in [2.75, 3.05) is 13.8 Å². The largest absolute Gasteiger partial charge is 0.435 e. The Balaban J connectivity index is 2.27. The average Bonchev–Trinajstić information content (AvgIpc) is 3.01. The molecule has 11 heteroatoms. The Bertz CT molecular complexity index is 863. The fourth-order valence-electron chi connectivity index (χ4n) is 2.91. The molecule has 0 saturated heterocycles. The van der Waals surface area contributed by atoms with Crippen molar-refractivity contribution in [2.45, 2.75) is 32.0 Å². The molecule has 0 aliphatic heterocycles. The number of hydroxylamine groups is 2. The molecule has 0 aliphatic rings. The van der Waals surface area contributed by atoms with Crippen LogP contribution < -0.4 is 0 Å². The number of aryl methyl sites for hydroxylation is 2. The van der Waals surface area contributed by atoms with E-state index >= 15 is 0 Å². The Morgan fingerprint density at radius 3 is 2.38 bits per heavy atom. The molecule has 1 atom stereocenters. The molecule has 2 aromatic rings. The molecule has 2 rings (SSSR count). The van der Waals surface area contributed by atoms with Gasteiger partial charge < -0.3 is 0 Å². The van der Waals surface area contributed by atoms with Crippen LogP contribution in [0.15, 0.2) is 18.3 Å². The second-order valence-corrected chi connectivity index (χ2v) is 7.24. The highest BCUT2D eigenvalue weighted by atomic mass is 35.5. The van der Waals surface area contributed by atoms with Crippen LogP contribution in [-0.4, -0.2) is 40.6 Å². The van der Waals surface area contributed by atoms with Gasteiger partial charge in [0.15, 0.2) is 5.69 Å². The van der Waals surface area contributed by atoms with Crippen molar-refractivity contribution in [1.29, 1.82) is 0 Å². The van der Waals surface area contributed by atoms with E-state index < -0.39 is 36.1 Å². The summed E-state index contributed by atoms with van der Waals surface area (Å²) in [5.74, 6) is -1.14. The Morgan fingerprint density at radius 1 is 1.31 bits per heavy atom. The maximum Gasteiger partial charge on any atom is 0.435 e. The monoisotopic (exact) mass is 455 g/mol. The van der Waals surface area contributed by atoms with Gasteiger partial charge in [0, 0.05) is 23.3 Å². The summed E-state index contributed by atoms with van der Waals surface area (Å²) in [5.41, 5.74) is -0.699. The van der Waals surface area contributed by atoms with E-state index in [-0.39, 0.29) is 12.8 Å². The van der Waals surface area contributed by atoms with E-state index in [1.165, 1.54) is 7.05 Å². The van der Waals surface area contributed by atoms with E-state index in [0.717, 1.165) is 23.6 Å². The minimum Gasteiger partial charge on any atom is -0.274 e. The van der Waals surface area contributed by atoms with Gasteiger partial charge in [0.1, 0.15) is 6.67 Å². The van der Waals surface area contributed by atoms with Gasteiger partial charge >= 0.3 is 6.18 Å². The fraction of sp³-hybridized carbons (Fsp3) is 0.444. The summed E-state index contributed by atoms with van der Waals surface area (Å²) < 4.78 is 54.1. The molecule has 29 heavy (non-hydrogen) atoms. The first-order valence-electron chi connectivity index (χ1n) is 8.48. The number of nitrogens with zero attached hydrogens (tertiary/aromatic N) is 3. The van der Waals surface area contributed by atoms with E-state index in [1.54, 1.807) is 12.1 Å². The van der Waals surface area contributed by atoms with Crippen LogP contribution in [0.2, 0.25) is 10.0 Å². The smallest absolute Gasteiger partial charge is 0.274 e. The zero-order chi connectivity index (χ0) is 21.9. The number of hydrogen-bond donors (Lipinski definition) is 0. The summed E-state index contributed by atoms with van der Waals surface area (Å²) in [4.78, 5) is 17.6. The highest BCUT2D eigenvalue weighted by Gasteiger charge is 2.41. The van der Waals surface area contributed by atoms with Crippen molar-refractivity contribution in [3.8, 4) is 0 Å². The molecule has 1 aromatic carbocycles. The van der Waals surface area contributed by atoms with Crippen LogP contribution in [0.25, 0.3) is 0 Å². The van der Waals surface area contributed by atoms with E-state index in [0.29, 0.717) is 20.7 Å². The standard InChI is InChI=1S/C18H19Cl2F4N3O2/c1-10-6-14(19)12(15(20)7-10)5-4-11(8-21)27(29-3)17(28)13-9-26(2)25-16(13)18(22,23)24/h6-7,9,11H,4-5,8H2,1-3H3. The van der Waals surface area contributed by atoms with E-state index in [1.807, 2.05) is 6.92 Å². The zero-order valence-corrected chi connectivity index (χ0v) is 17.4. The fourth-order valence-corrected chi connectivity index (χ4v) is 3.69. The molecule has 160 valence electrons. The second kappa shape index (κ2) is 9.32. The van der Waals surface area contributed by atoms with Gasteiger partial charge in [-0.2, -0.15) is 18.3 Å². The molecule has 5 nitrogen and oxygen atoms in total. The van der Waals surface area contributed by atoms with Crippen molar-refractivity contribution in [3.05, 3.63) is 50.8 Å². The van der Waals surface area contributed by atoms with Crippen LogP contribution in [0.3, 0.4) is 0 Å². The third-order valence-corrected chi connectivity index (χ3v) is 4.92. The molecule has 0 bridgehead atoms. The number of benzene rings is 1. The Kier molecular flexibility index (Phi) is 7.53. The number of halogens is 6. The Morgan fingerprint density at radius 2 is 1.90 bits per heavy atom. The van der Waals surface area contributed by atoms with Crippen LogP contribution >= 0.6 is 23.2 Å². The Labute approximate surface area is 175 Å². The maximum absolute atomic E-state index is 13.7. The molecule has 0 spiro atoms. The van der Waals surface area contributed by atoms with Crippen LogP contribution in [0.1, 0.15) is 33.6 Å². The number of aromatic nitrogens is 2. The molecule has 0 aliphatic carbocycles. The molecule has 1 heterocycles. The number of hydrogen-bond acceptors (Lipinski definition) is 3. The quantitative estimate of drug-likeness (QED) is 0.434. The normalized spacial score (nSPS) is 12.9. The van der Waals surface area contributed by atoms with Gasteiger partial charge in [-0.05, 0) is 43.0 Å². The van der Waals surface area contributed by atoms with Gasteiger partial charge in [-0.25, -0.2) is 9.45 Å². The first-order valence-corrected chi connectivity index (χ1v) is 9.24. The lowest BCUT2D eigenvalue weighted by Crippen LogP contribution is -2.41. The molecule has 0 fully saturated rings. The van der Waals surface area contributed by atoms with Crippen LogP contribution in [0.5, 0.6) is 0 Å². The molecule has 0 radical (unpaired) electrons. The summed E-state index contributed by atoms with van der Waals surface area (Å²) in [5, 5.41) is 4.64. The highest BCUT2D eigenvalue weighted by molar-refractivity contribution is 6.36. The molecule has 0 saturated carbocycles. The van der Waals surface area contributed by atoms with Crippen molar-refractivity contribution >= 4 is 29.1 Å². The minimum atomic E-state index is -4.85. The third-order valence-electron chi connectivity index (χ3n) is 4.25. The summed E-state index contributed by atoms with van der Waals surface area (Å²) in [6.07, 6.45) is -3.71. The summed E-state index contributed by atoms with van der Waals surface area (Å²) >= 11 is 12.4. The SMILES string of the molecule is CON(C(=O)c1cn(C)nc1C(F)(F)F)C(CF)CCc1c(Cl)cc(C)cc1Cl. The van der Waals surface area contributed by atoms with Crippen LogP contribution in [0, 0.1) is 6.92 Å². The highest BCUT2D eigenvalue weighted by Crippen LogP contribution is 2.32. The Hall–Kier alpha value is -1.84. The zero-order valence-electron chi connectivity index (χ0n) is 15.9. The van der Waals surface area contributed by atoms with Gasteiger partial charge in [0.25, 0.3) is 5.91 Å². The topological polar surface area (TPSA) is 47.4 Å². The molecule has 1 aromatic heterocycles. The molecular weight excluding hydrogens is 437 g/mol. The maximum atomic E-state index is 13.7. The lowest BCUT2D eigenvalue weighted by Gasteiger charge is -2.27. The first-order chi connectivity index (χ1) is 13.5. The van der Waals surface area contributed by atoms with E-state index in [4.69, 9.17) is 28.0 Å². The summed E-state index contributed by atoms with van der Waals surface area (Å²) in [7, 11) is 2.33. The van der Waals surface area contributed by atoms with E-state index in [9.17, 15) is 22.4 Å². The number of carbonyl (C=O) groups is 1. The minimum absolute atomic E-state index is 0.0280. The van der Waals surface area contributed by atoms with Gasteiger partial charge in [-0.15, -0.1) is 0 Å². The predicted molar refractivity (Wildman–Crippen MR) is 101 cm³/mol. The molecule has 1 amide bonds. The van der Waals surface area contributed by atoms with Crippen molar-refractivity contribution in [3.63, 3.8) is 0 Å². The van der Waals surface area contributed by atoms with Gasteiger partial charge in [-0.1, -0.05) is 23.2 Å². The second-order valence-electron chi connectivity index (χ2n) is 6.43. The third kappa shape index (κ3) is 5.40. The number of carbonyl (C=O) groups excluding carboxylic acids is 1. The summed E-state index contributed by atoms with van der Waals surface area (Å²) in [6, 6.07) is 2.23.